The second-order valence-corrected chi connectivity index (χ2v) is 7.72. The molecule has 122 valence electrons. The molecule has 0 spiro atoms. The van der Waals surface area contributed by atoms with Crippen LogP contribution in [0.3, 0.4) is 0 Å². The lowest BCUT2D eigenvalue weighted by Crippen LogP contribution is -2.49. The summed E-state index contributed by atoms with van der Waals surface area (Å²) < 4.78 is 5.41. The van der Waals surface area contributed by atoms with E-state index in [1.165, 1.54) is 0 Å². The fourth-order valence-corrected chi connectivity index (χ4v) is 2.66. The van der Waals surface area contributed by atoms with E-state index in [1.54, 1.807) is 0 Å². The number of hydrogen-bond donors (Lipinski definition) is 1. The van der Waals surface area contributed by atoms with Gasteiger partial charge in [0.25, 0.3) is 0 Å². The van der Waals surface area contributed by atoms with Gasteiger partial charge in [0.1, 0.15) is 11.6 Å². The lowest BCUT2D eigenvalue weighted by molar-refractivity contribution is -0.160. The van der Waals surface area contributed by atoms with Gasteiger partial charge in [-0.05, 0) is 58.3 Å². The molecule has 0 aliphatic heterocycles. The molecule has 0 unspecified atom stereocenters. The van der Waals surface area contributed by atoms with E-state index in [1.807, 2.05) is 34.6 Å². The number of carbonyl (C=O) groups is 2. The van der Waals surface area contributed by atoms with Crippen LogP contribution in [0.4, 0.5) is 0 Å². The van der Waals surface area contributed by atoms with Crippen molar-refractivity contribution in [3.8, 4) is 0 Å². The Kier molecular flexibility index (Phi) is 6.24. The molecule has 4 heteroatoms. The van der Waals surface area contributed by atoms with Crippen LogP contribution >= 0.6 is 0 Å². The van der Waals surface area contributed by atoms with Crippen molar-refractivity contribution in [1.29, 1.82) is 0 Å². The molecular weight excluding hydrogens is 266 g/mol. The molecule has 0 heterocycles. The number of hydrogen-bond acceptors (Lipinski definition) is 3. The van der Waals surface area contributed by atoms with Crippen LogP contribution in [-0.2, 0) is 14.3 Å². The second kappa shape index (κ2) is 7.28. The van der Waals surface area contributed by atoms with Crippen LogP contribution in [0.25, 0.3) is 0 Å². The smallest absolute Gasteiger partial charge is 0.329 e. The molecule has 4 nitrogen and oxygen atoms in total. The molecule has 0 aromatic heterocycles. The predicted octanol–water partition coefficient (Wildman–Crippen LogP) is 3.30. The highest BCUT2D eigenvalue weighted by molar-refractivity contribution is 5.86. The van der Waals surface area contributed by atoms with Gasteiger partial charge in [0.05, 0.1) is 0 Å². The first-order chi connectivity index (χ1) is 9.60. The van der Waals surface area contributed by atoms with Crippen molar-refractivity contribution < 1.29 is 14.3 Å². The zero-order valence-electron chi connectivity index (χ0n) is 14.4. The number of amides is 1. The first-order valence-electron chi connectivity index (χ1n) is 8.13. The summed E-state index contributed by atoms with van der Waals surface area (Å²) in [6.45, 7) is 11.6. The average molecular weight is 297 g/mol. The van der Waals surface area contributed by atoms with Crippen molar-refractivity contribution in [2.45, 2.75) is 78.9 Å². The molecule has 0 aromatic carbocycles. The molecule has 0 saturated heterocycles. The zero-order valence-corrected chi connectivity index (χ0v) is 14.4. The molecule has 1 saturated carbocycles. The molecule has 1 atom stereocenters. The first kappa shape index (κ1) is 18.0. The summed E-state index contributed by atoms with van der Waals surface area (Å²) in [6, 6.07) is -0.559. The molecule has 0 aromatic rings. The van der Waals surface area contributed by atoms with E-state index in [4.69, 9.17) is 4.74 Å². The molecule has 1 aliphatic carbocycles. The summed E-state index contributed by atoms with van der Waals surface area (Å²) >= 11 is 0. The second-order valence-electron chi connectivity index (χ2n) is 7.72. The van der Waals surface area contributed by atoms with Crippen LogP contribution < -0.4 is 5.32 Å². The van der Waals surface area contributed by atoms with Crippen LogP contribution in [0.2, 0.25) is 0 Å². The minimum atomic E-state index is -0.559. The van der Waals surface area contributed by atoms with Crippen molar-refractivity contribution in [1.82, 2.24) is 5.32 Å². The Balaban J connectivity index is 2.61. The van der Waals surface area contributed by atoms with Crippen molar-refractivity contribution in [3.05, 3.63) is 0 Å². The maximum absolute atomic E-state index is 12.4. The van der Waals surface area contributed by atoms with E-state index in [0.717, 1.165) is 25.7 Å². The van der Waals surface area contributed by atoms with Gasteiger partial charge in [0, 0.05) is 5.92 Å². The standard InChI is InChI=1S/C17H31NO3/c1-11(2)14(16(20)21-17(4,5)6)18-15(19)13-9-7-12(3)8-10-13/h11-14H,7-10H2,1-6H3,(H,18,19)/t12?,13?,14-/m1/s1. The quantitative estimate of drug-likeness (QED) is 0.810. The molecule has 0 bridgehead atoms. The lowest BCUT2D eigenvalue weighted by Gasteiger charge is -2.30. The highest BCUT2D eigenvalue weighted by Crippen LogP contribution is 2.28. The topological polar surface area (TPSA) is 55.4 Å². The van der Waals surface area contributed by atoms with E-state index >= 15 is 0 Å². The number of rotatable bonds is 4. The van der Waals surface area contributed by atoms with Crippen molar-refractivity contribution in [2.24, 2.45) is 17.8 Å². The molecular formula is C17H31NO3. The summed E-state index contributed by atoms with van der Waals surface area (Å²) in [5.74, 6) is 0.443. The van der Waals surface area contributed by atoms with Gasteiger partial charge in [0.2, 0.25) is 5.91 Å². The Labute approximate surface area is 129 Å². The maximum Gasteiger partial charge on any atom is 0.329 e. The van der Waals surface area contributed by atoms with Gasteiger partial charge in [0.15, 0.2) is 0 Å². The van der Waals surface area contributed by atoms with Gasteiger partial charge in [-0.25, -0.2) is 4.79 Å². The number of esters is 1. The highest BCUT2D eigenvalue weighted by Gasteiger charge is 2.32. The Hall–Kier alpha value is -1.06. The van der Waals surface area contributed by atoms with E-state index in [2.05, 4.69) is 12.2 Å². The molecule has 1 N–H and O–H groups in total. The Bertz CT molecular complexity index is 363. The summed E-state index contributed by atoms with van der Waals surface area (Å²) in [4.78, 5) is 24.6. The monoisotopic (exact) mass is 297 g/mol. The van der Waals surface area contributed by atoms with Crippen LogP contribution in [0, 0.1) is 17.8 Å². The molecule has 1 aliphatic rings. The highest BCUT2D eigenvalue weighted by atomic mass is 16.6. The number of ether oxygens (including phenoxy) is 1. The summed E-state index contributed by atoms with van der Waals surface area (Å²) in [5, 5.41) is 2.91. The van der Waals surface area contributed by atoms with E-state index in [-0.39, 0.29) is 23.7 Å². The minimum absolute atomic E-state index is 0.00598. The van der Waals surface area contributed by atoms with Crippen LogP contribution in [0.1, 0.15) is 67.2 Å². The lowest BCUT2D eigenvalue weighted by atomic mass is 9.82. The molecule has 0 radical (unpaired) electrons. The number of nitrogens with one attached hydrogen (secondary N) is 1. The van der Waals surface area contributed by atoms with Crippen molar-refractivity contribution in [2.75, 3.05) is 0 Å². The van der Waals surface area contributed by atoms with E-state index < -0.39 is 11.6 Å². The van der Waals surface area contributed by atoms with Crippen LogP contribution in [0.15, 0.2) is 0 Å². The first-order valence-corrected chi connectivity index (χ1v) is 8.13. The molecule has 1 rings (SSSR count). The van der Waals surface area contributed by atoms with Crippen molar-refractivity contribution >= 4 is 11.9 Å². The summed E-state index contributed by atoms with van der Waals surface area (Å²) in [7, 11) is 0. The largest absolute Gasteiger partial charge is 0.458 e. The van der Waals surface area contributed by atoms with Crippen molar-refractivity contribution in [3.63, 3.8) is 0 Å². The van der Waals surface area contributed by atoms with Crippen LogP contribution in [-0.4, -0.2) is 23.5 Å². The zero-order chi connectivity index (χ0) is 16.2. The Morgan fingerprint density at radius 1 is 1.10 bits per heavy atom. The molecule has 21 heavy (non-hydrogen) atoms. The predicted molar refractivity (Wildman–Crippen MR) is 83.7 cm³/mol. The van der Waals surface area contributed by atoms with Gasteiger partial charge in [-0.15, -0.1) is 0 Å². The van der Waals surface area contributed by atoms with Gasteiger partial charge < -0.3 is 10.1 Å². The third kappa shape index (κ3) is 6.06. The third-order valence-electron chi connectivity index (χ3n) is 4.01. The minimum Gasteiger partial charge on any atom is -0.458 e. The van der Waals surface area contributed by atoms with Crippen LogP contribution in [0.5, 0.6) is 0 Å². The van der Waals surface area contributed by atoms with Gasteiger partial charge in [-0.3, -0.25) is 4.79 Å². The van der Waals surface area contributed by atoms with Gasteiger partial charge >= 0.3 is 5.97 Å². The fraction of sp³-hybridized carbons (Fsp3) is 0.882. The summed E-state index contributed by atoms with van der Waals surface area (Å²) in [5.41, 5.74) is -0.533. The average Bonchev–Trinajstić information content (AvgIpc) is 2.33. The van der Waals surface area contributed by atoms with Gasteiger partial charge in [-0.2, -0.15) is 0 Å². The van der Waals surface area contributed by atoms with E-state index in [0.29, 0.717) is 5.92 Å². The fourth-order valence-electron chi connectivity index (χ4n) is 2.66. The number of carbonyl (C=O) groups excluding carboxylic acids is 2. The Morgan fingerprint density at radius 3 is 2.05 bits per heavy atom. The molecule has 1 fully saturated rings. The summed E-state index contributed by atoms with van der Waals surface area (Å²) in [6.07, 6.45) is 4.03. The normalized spacial score (nSPS) is 24.5. The molecule has 1 amide bonds. The Morgan fingerprint density at radius 2 is 1.62 bits per heavy atom. The third-order valence-corrected chi connectivity index (χ3v) is 4.01. The maximum atomic E-state index is 12.4. The van der Waals surface area contributed by atoms with Gasteiger partial charge in [-0.1, -0.05) is 20.8 Å². The van der Waals surface area contributed by atoms with E-state index in [9.17, 15) is 9.59 Å². The SMILES string of the molecule is CC1CCC(C(=O)N[C@@H](C(=O)OC(C)(C)C)C(C)C)CC1.